The standard InChI is InChI=1S/C25H30N6OS/c1-16(2)31-13-11-17(10-12-26)21(15-31)20-14-27-25(32)22-23(20)29-30-24(22)28-18-6-8-19(9-7-18)33(3,4)5/h6-9,14,17,21H,1,3-4,10-11,13,15H2,2,5H3,(H,27,32)(H2,28,29,30)/t17-,21-/m1/s1. The van der Waals surface area contributed by atoms with Gasteiger partial charge in [0.1, 0.15) is 5.39 Å². The summed E-state index contributed by atoms with van der Waals surface area (Å²) >= 11 is 0. The van der Waals surface area contributed by atoms with Crippen molar-refractivity contribution in [1.82, 2.24) is 20.1 Å². The van der Waals surface area contributed by atoms with Crippen LogP contribution in [0.15, 0.2) is 52.4 Å². The molecule has 0 aliphatic carbocycles. The Labute approximate surface area is 194 Å². The number of nitriles is 1. The summed E-state index contributed by atoms with van der Waals surface area (Å²) < 4.78 is 0. The summed E-state index contributed by atoms with van der Waals surface area (Å²) in [5.74, 6) is 9.06. The first kappa shape index (κ1) is 22.7. The van der Waals surface area contributed by atoms with Crippen molar-refractivity contribution >= 4 is 43.4 Å². The van der Waals surface area contributed by atoms with Crippen LogP contribution < -0.4 is 10.9 Å². The van der Waals surface area contributed by atoms with E-state index in [1.54, 1.807) is 6.20 Å². The van der Waals surface area contributed by atoms with Gasteiger partial charge in [-0.05, 0) is 60.2 Å². The van der Waals surface area contributed by atoms with Crippen molar-refractivity contribution in [2.45, 2.75) is 30.6 Å². The molecule has 0 bridgehead atoms. The van der Waals surface area contributed by atoms with E-state index >= 15 is 0 Å². The van der Waals surface area contributed by atoms with Crippen molar-refractivity contribution in [2.75, 3.05) is 24.7 Å². The number of fused-ring (bicyclic) bond motifs is 1. The van der Waals surface area contributed by atoms with Crippen LogP contribution in [0.3, 0.4) is 0 Å². The second kappa shape index (κ2) is 8.83. The first-order chi connectivity index (χ1) is 15.7. The van der Waals surface area contributed by atoms with Gasteiger partial charge in [-0.3, -0.25) is 9.89 Å². The Kier molecular flexibility index (Phi) is 6.09. The molecule has 0 saturated carbocycles. The van der Waals surface area contributed by atoms with Gasteiger partial charge in [0.25, 0.3) is 5.56 Å². The number of H-pyrrole nitrogens is 2. The lowest BCUT2D eigenvalue weighted by Crippen LogP contribution is -2.38. The molecular weight excluding hydrogens is 432 g/mol. The SMILES string of the molecule is C=C(C)N1CC[C@@H](CC#N)[C@H](c2c[nH]c(=O)c3c(Nc4ccc(S(=C)(=C)C)cc4)n[nH]c23)C1. The van der Waals surface area contributed by atoms with Crippen LogP contribution in [0.4, 0.5) is 11.5 Å². The number of anilines is 2. The quantitative estimate of drug-likeness (QED) is 0.468. The van der Waals surface area contributed by atoms with Crippen molar-refractivity contribution in [1.29, 1.82) is 5.26 Å². The normalized spacial score (nSPS) is 18.8. The first-order valence-electron chi connectivity index (χ1n) is 10.9. The highest BCUT2D eigenvalue weighted by Crippen LogP contribution is 2.38. The molecule has 33 heavy (non-hydrogen) atoms. The second-order valence-electron chi connectivity index (χ2n) is 9.02. The monoisotopic (exact) mass is 462 g/mol. The van der Waals surface area contributed by atoms with Crippen LogP contribution in [-0.2, 0) is 0 Å². The van der Waals surface area contributed by atoms with Crippen LogP contribution in [-0.4, -0.2) is 51.2 Å². The molecule has 4 rings (SSSR count). The highest BCUT2D eigenvalue weighted by molar-refractivity contribution is 8.27. The summed E-state index contributed by atoms with van der Waals surface area (Å²) in [5.41, 5.74) is 3.31. The molecule has 2 aromatic heterocycles. The second-order valence-corrected chi connectivity index (χ2v) is 12.0. The summed E-state index contributed by atoms with van der Waals surface area (Å²) in [6.45, 7) is 7.73. The van der Waals surface area contributed by atoms with Crippen LogP contribution in [0, 0.1) is 17.2 Å². The minimum atomic E-state index is -1.30. The molecule has 3 aromatic rings. The number of aromatic amines is 2. The van der Waals surface area contributed by atoms with Crippen molar-refractivity contribution in [2.24, 2.45) is 5.92 Å². The van der Waals surface area contributed by atoms with E-state index in [0.717, 1.165) is 41.4 Å². The fourth-order valence-electron chi connectivity index (χ4n) is 4.51. The molecule has 1 aliphatic rings. The van der Waals surface area contributed by atoms with Gasteiger partial charge in [-0.1, -0.05) is 18.3 Å². The predicted molar refractivity (Wildman–Crippen MR) is 140 cm³/mol. The number of hydrogen-bond donors (Lipinski definition) is 3. The zero-order valence-electron chi connectivity index (χ0n) is 19.1. The Morgan fingerprint density at radius 3 is 2.73 bits per heavy atom. The van der Waals surface area contributed by atoms with Crippen molar-refractivity contribution in [3.8, 4) is 6.07 Å². The van der Waals surface area contributed by atoms with Gasteiger partial charge < -0.3 is 15.2 Å². The van der Waals surface area contributed by atoms with E-state index in [1.807, 2.05) is 37.4 Å². The zero-order valence-corrected chi connectivity index (χ0v) is 20.0. The van der Waals surface area contributed by atoms with Gasteiger partial charge in [-0.2, -0.15) is 19.6 Å². The Balaban J connectivity index is 1.72. The number of hydrogen-bond acceptors (Lipinski definition) is 5. The van der Waals surface area contributed by atoms with Gasteiger partial charge in [0, 0.05) is 43.0 Å². The molecule has 0 unspecified atom stereocenters. The highest BCUT2D eigenvalue weighted by Gasteiger charge is 2.32. The molecule has 3 N–H and O–H groups in total. The average Bonchev–Trinajstić information content (AvgIpc) is 3.19. The van der Waals surface area contributed by atoms with Gasteiger partial charge in [-0.15, -0.1) is 0 Å². The van der Waals surface area contributed by atoms with Gasteiger partial charge in [0.2, 0.25) is 0 Å². The minimum absolute atomic E-state index is 0.0804. The van der Waals surface area contributed by atoms with Crippen molar-refractivity contribution in [3.05, 3.63) is 58.7 Å². The lowest BCUT2D eigenvalue weighted by molar-refractivity contribution is 0.199. The number of aromatic nitrogens is 3. The van der Waals surface area contributed by atoms with E-state index in [-0.39, 0.29) is 17.4 Å². The van der Waals surface area contributed by atoms with E-state index < -0.39 is 9.21 Å². The summed E-state index contributed by atoms with van der Waals surface area (Å²) in [5, 5.41) is 20.7. The summed E-state index contributed by atoms with van der Waals surface area (Å²) in [6.07, 6.45) is 5.18. The highest BCUT2D eigenvalue weighted by atomic mass is 32.2. The van der Waals surface area contributed by atoms with Crippen molar-refractivity contribution in [3.63, 3.8) is 0 Å². The maximum Gasteiger partial charge on any atom is 0.261 e. The zero-order chi connectivity index (χ0) is 23.8. The largest absolute Gasteiger partial charge is 0.375 e. The maximum atomic E-state index is 12.8. The topological polar surface area (TPSA) is 101 Å². The summed E-state index contributed by atoms with van der Waals surface area (Å²) in [4.78, 5) is 19.0. The fourth-order valence-corrected chi connectivity index (χ4v) is 5.30. The molecule has 1 fully saturated rings. The lowest BCUT2D eigenvalue weighted by atomic mass is 9.79. The first-order valence-corrected chi connectivity index (χ1v) is 13.3. The molecule has 3 heterocycles. The van der Waals surface area contributed by atoms with E-state index in [1.165, 1.54) is 0 Å². The number of likely N-dealkylation sites (tertiary alicyclic amines) is 1. The molecular formula is C25H30N6OS. The fraction of sp³-hybridized carbons (Fsp3) is 0.320. The smallest absolute Gasteiger partial charge is 0.261 e. The van der Waals surface area contributed by atoms with Gasteiger partial charge in [0.15, 0.2) is 5.82 Å². The Morgan fingerprint density at radius 2 is 2.09 bits per heavy atom. The molecule has 0 amide bonds. The van der Waals surface area contributed by atoms with Crippen LogP contribution >= 0.6 is 9.21 Å². The van der Waals surface area contributed by atoms with E-state index in [4.69, 9.17) is 0 Å². The molecule has 1 aliphatic heterocycles. The summed E-state index contributed by atoms with van der Waals surface area (Å²) in [7, 11) is -1.30. The van der Waals surface area contributed by atoms with E-state index in [0.29, 0.717) is 23.1 Å². The molecule has 7 nitrogen and oxygen atoms in total. The van der Waals surface area contributed by atoms with E-state index in [2.05, 4.69) is 49.8 Å². The molecule has 0 spiro atoms. The Morgan fingerprint density at radius 1 is 1.36 bits per heavy atom. The van der Waals surface area contributed by atoms with Crippen molar-refractivity contribution < 1.29 is 0 Å². The van der Waals surface area contributed by atoms with Gasteiger partial charge in [-0.25, -0.2) is 0 Å². The number of benzene rings is 1. The number of pyridine rings is 1. The minimum Gasteiger partial charge on any atom is -0.375 e. The third-order valence-corrected chi connectivity index (χ3v) is 7.79. The molecule has 1 saturated heterocycles. The predicted octanol–water partition coefficient (Wildman–Crippen LogP) is 4.50. The van der Waals surface area contributed by atoms with Gasteiger partial charge >= 0.3 is 0 Å². The molecule has 172 valence electrons. The Bertz CT molecular complexity index is 1390. The third-order valence-electron chi connectivity index (χ3n) is 6.38. The number of allylic oxidation sites excluding steroid dienone is 1. The molecule has 8 heteroatoms. The molecule has 0 radical (unpaired) electrons. The molecule has 1 aromatic carbocycles. The van der Waals surface area contributed by atoms with Gasteiger partial charge in [0.05, 0.1) is 11.6 Å². The van der Waals surface area contributed by atoms with Crippen LogP contribution in [0.5, 0.6) is 0 Å². The average molecular weight is 463 g/mol. The third kappa shape index (κ3) is 4.55. The maximum absolute atomic E-state index is 12.8. The number of piperidine rings is 1. The number of nitrogens with one attached hydrogen (secondary N) is 3. The number of nitrogens with zero attached hydrogens (tertiary/aromatic N) is 3. The summed E-state index contributed by atoms with van der Waals surface area (Å²) in [6, 6.07) is 10.2. The van der Waals surface area contributed by atoms with Crippen LogP contribution in [0.25, 0.3) is 10.9 Å². The van der Waals surface area contributed by atoms with Crippen LogP contribution in [0.2, 0.25) is 0 Å². The van der Waals surface area contributed by atoms with Crippen LogP contribution in [0.1, 0.15) is 31.2 Å². The van der Waals surface area contributed by atoms with E-state index in [9.17, 15) is 10.1 Å². The lowest BCUT2D eigenvalue weighted by Gasteiger charge is -2.39. The Hall–Kier alpha value is -3.44. The number of rotatable bonds is 6. The molecule has 2 atom stereocenters.